The lowest BCUT2D eigenvalue weighted by Crippen LogP contribution is -2.29. The lowest BCUT2D eigenvalue weighted by Gasteiger charge is -2.18. The standard InChI is InChI=1S/C13H18F3NO2/c1-3-4-12(9-17-2)18-10-5-7-11(8-6-10)19-13(14,15)16/h5-8,12,17H,3-4,9H2,1-2H3. The van der Waals surface area contributed by atoms with E-state index in [-0.39, 0.29) is 11.9 Å². The Balaban J connectivity index is 2.60. The molecule has 1 rings (SSSR count). The summed E-state index contributed by atoms with van der Waals surface area (Å²) >= 11 is 0. The molecule has 3 nitrogen and oxygen atoms in total. The molecule has 0 fully saturated rings. The Morgan fingerprint density at radius 3 is 2.21 bits per heavy atom. The van der Waals surface area contributed by atoms with Gasteiger partial charge in [0.2, 0.25) is 0 Å². The van der Waals surface area contributed by atoms with Crippen molar-refractivity contribution in [3.05, 3.63) is 24.3 Å². The van der Waals surface area contributed by atoms with E-state index in [2.05, 4.69) is 10.1 Å². The largest absolute Gasteiger partial charge is 0.573 e. The van der Waals surface area contributed by atoms with Crippen molar-refractivity contribution in [2.24, 2.45) is 0 Å². The smallest absolute Gasteiger partial charge is 0.489 e. The van der Waals surface area contributed by atoms with Crippen LogP contribution in [0.2, 0.25) is 0 Å². The van der Waals surface area contributed by atoms with Crippen LogP contribution >= 0.6 is 0 Å². The Morgan fingerprint density at radius 1 is 1.16 bits per heavy atom. The predicted molar refractivity (Wildman–Crippen MR) is 66.4 cm³/mol. The zero-order valence-electron chi connectivity index (χ0n) is 11.0. The van der Waals surface area contributed by atoms with Gasteiger partial charge >= 0.3 is 6.36 Å². The van der Waals surface area contributed by atoms with Crippen LogP contribution in [0.1, 0.15) is 19.8 Å². The number of benzene rings is 1. The van der Waals surface area contributed by atoms with Crippen molar-refractivity contribution in [1.29, 1.82) is 0 Å². The Morgan fingerprint density at radius 2 is 1.74 bits per heavy atom. The molecule has 0 aromatic heterocycles. The molecule has 0 bridgehead atoms. The van der Waals surface area contributed by atoms with Gasteiger partial charge in [0, 0.05) is 6.54 Å². The number of nitrogens with one attached hydrogen (secondary N) is 1. The highest BCUT2D eigenvalue weighted by Gasteiger charge is 2.30. The van der Waals surface area contributed by atoms with Gasteiger partial charge in [0.1, 0.15) is 17.6 Å². The Labute approximate surface area is 110 Å². The Kier molecular flexibility index (Phi) is 5.95. The second-order valence-corrected chi connectivity index (χ2v) is 4.11. The third-order valence-electron chi connectivity index (χ3n) is 2.40. The molecule has 108 valence electrons. The van der Waals surface area contributed by atoms with Gasteiger partial charge in [-0.1, -0.05) is 13.3 Å². The second-order valence-electron chi connectivity index (χ2n) is 4.11. The molecule has 0 aliphatic carbocycles. The normalized spacial score (nSPS) is 13.1. The van der Waals surface area contributed by atoms with Gasteiger partial charge in [-0.25, -0.2) is 0 Å². The third kappa shape index (κ3) is 6.33. The molecule has 0 aliphatic heterocycles. The molecule has 0 aliphatic rings. The molecular weight excluding hydrogens is 259 g/mol. The summed E-state index contributed by atoms with van der Waals surface area (Å²) in [6.45, 7) is 2.74. The van der Waals surface area contributed by atoms with Gasteiger partial charge in [0.25, 0.3) is 0 Å². The van der Waals surface area contributed by atoms with Gasteiger partial charge in [0.05, 0.1) is 0 Å². The number of rotatable bonds is 7. The van der Waals surface area contributed by atoms with Crippen LogP contribution in [-0.4, -0.2) is 26.1 Å². The minimum atomic E-state index is -4.67. The molecule has 0 radical (unpaired) electrons. The van der Waals surface area contributed by atoms with Crippen LogP contribution < -0.4 is 14.8 Å². The van der Waals surface area contributed by atoms with Crippen molar-refractivity contribution in [3.8, 4) is 11.5 Å². The summed E-state index contributed by atoms with van der Waals surface area (Å²) in [7, 11) is 1.83. The molecular formula is C13H18F3NO2. The molecule has 1 aromatic carbocycles. The number of hydrogen-bond acceptors (Lipinski definition) is 3. The summed E-state index contributed by atoms with van der Waals surface area (Å²) in [5.41, 5.74) is 0. The molecule has 19 heavy (non-hydrogen) atoms. The van der Waals surface area contributed by atoms with E-state index in [1.54, 1.807) is 0 Å². The first-order valence-corrected chi connectivity index (χ1v) is 6.11. The van der Waals surface area contributed by atoms with Crippen molar-refractivity contribution in [3.63, 3.8) is 0 Å². The minimum absolute atomic E-state index is 0.00406. The monoisotopic (exact) mass is 277 g/mol. The van der Waals surface area contributed by atoms with Crippen molar-refractivity contribution < 1.29 is 22.6 Å². The fourth-order valence-electron chi connectivity index (χ4n) is 1.66. The Hall–Kier alpha value is -1.43. The first-order chi connectivity index (χ1) is 8.94. The van der Waals surface area contributed by atoms with Gasteiger partial charge < -0.3 is 14.8 Å². The number of hydrogen-bond donors (Lipinski definition) is 1. The van der Waals surface area contributed by atoms with E-state index in [1.807, 2.05) is 14.0 Å². The van der Waals surface area contributed by atoms with Gasteiger partial charge in [-0.3, -0.25) is 0 Å². The summed E-state index contributed by atoms with van der Waals surface area (Å²) in [5.74, 6) is 0.281. The molecule has 1 unspecified atom stereocenters. The van der Waals surface area contributed by atoms with Gasteiger partial charge in [-0.2, -0.15) is 0 Å². The second kappa shape index (κ2) is 7.23. The third-order valence-corrected chi connectivity index (χ3v) is 2.40. The molecule has 0 saturated carbocycles. The first-order valence-electron chi connectivity index (χ1n) is 6.11. The quantitative estimate of drug-likeness (QED) is 0.829. The topological polar surface area (TPSA) is 30.5 Å². The summed E-state index contributed by atoms with van der Waals surface area (Å²) in [6, 6.07) is 5.43. The van der Waals surface area contributed by atoms with Crippen molar-refractivity contribution in [1.82, 2.24) is 5.32 Å². The van der Waals surface area contributed by atoms with E-state index in [0.717, 1.165) is 12.8 Å². The van der Waals surface area contributed by atoms with Crippen LogP contribution in [0.3, 0.4) is 0 Å². The average molecular weight is 277 g/mol. The van der Waals surface area contributed by atoms with E-state index in [4.69, 9.17) is 4.74 Å². The maximum absolute atomic E-state index is 12.0. The van der Waals surface area contributed by atoms with Crippen LogP contribution in [0.5, 0.6) is 11.5 Å². The number of ether oxygens (including phenoxy) is 2. The first kappa shape index (κ1) is 15.6. The lowest BCUT2D eigenvalue weighted by molar-refractivity contribution is -0.274. The summed E-state index contributed by atoms with van der Waals surface area (Å²) in [5, 5.41) is 3.02. The van der Waals surface area contributed by atoms with Crippen molar-refractivity contribution >= 4 is 0 Å². The number of halogens is 3. The van der Waals surface area contributed by atoms with E-state index in [0.29, 0.717) is 12.3 Å². The molecule has 1 atom stereocenters. The van der Waals surface area contributed by atoms with Gasteiger partial charge in [-0.15, -0.1) is 13.2 Å². The molecule has 0 saturated heterocycles. The van der Waals surface area contributed by atoms with Crippen molar-refractivity contribution in [2.75, 3.05) is 13.6 Å². The fourth-order valence-corrected chi connectivity index (χ4v) is 1.66. The van der Waals surface area contributed by atoms with E-state index in [9.17, 15) is 13.2 Å². The average Bonchev–Trinajstić information content (AvgIpc) is 2.30. The fraction of sp³-hybridized carbons (Fsp3) is 0.538. The molecule has 0 spiro atoms. The molecule has 0 heterocycles. The molecule has 0 amide bonds. The maximum atomic E-state index is 12.0. The summed E-state index contributed by atoms with van der Waals surface area (Å²) in [6.07, 6.45) is -2.81. The SMILES string of the molecule is CCCC(CNC)Oc1ccc(OC(F)(F)F)cc1. The van der Waals surface area contributed by atoms with Crippen LogP contribution in [0.15, 0.2) is 24.3 Å². The van der Waals surface area contributed by atoms with E-state index >= 15 is 0 Å². The highest BCUT2D eigenvalue weighted by atomic mass is 19.4. The maximum Gasteiger partial charge on any atom is 0.573 e. The van der Waals surface area contributed by atoms with Gasteiger partial charge in [0.15, 0.2) is 0 Å². The van der Waals surface area contributed by atoms with Crippen LogP contribution in [0.25, 0.3) is 0 Å². The summed E-state index contributed by atoms with van der Waals surface area (Å²) in [4.78, 5) is 0. The predicted octanol–water partition coefficient (Wildman–Crippen LogP) is 3.35. The Bertz CT molecular complexity index is 359. The molecule has 6 heteroatoms. The number of alkyl halides is 3. The highest BCUT2D eigenvalue weighted by molar-refractivity contribution is 5.31. The summed E-state index contributed by atoms with van der Waals surface area (Å²) < 4.78 is 45.4. The molecule has 1 N–H and O–H groups in total. The van der Waals surface area contributed by atoms with Crippen LogP contribution in [-0.2, 0) is 0 Å². The van der Waals surface area contributed by atoms with Crippen LogP contribution in [0, 0.1) is 0 Å². The zero-order chi connectivity index (χ0) is 14.3. The molecule has 1 aromatic rings. The van der Waals surface area contributed by atoms with E-state index in [1.165, 1.54) is 24.3 Å². The van der Waals surface area contributed by atoms with Gasteiger partial charge in [-0.05, 0) is 37.7 Å². The number of likely N-dealkylation sites (N-methyl/N-ethyl adjacent to an activating group) is 1. The van der Waals surface area contributed by atoms with Crippen LogP contribution in [0.4, 0.5) is 13.2 Å². The van der Waals surface area contributed by atoms with Crippen molar-refractivity contribution in [2.45, 2.75) is 32.2 Å². The highest BCUT2D eigenvalue weighted by Crippen LogP contribution is 2.25. The zero-order valence-corrected chi connectivity index (χ0v) is 11.0. The van der Waals surface area contributed by atoms with E-state index < -0.39 is 6.36 Å². The lowest BCUT2D eigenvalue weighted by atomic mass is 10.2. The minimum Gasteiger partial charge on any atom is -0.489 e.